The fourth-order valence-electron chi connectivity index (χ4n) is 1.89. The van der Waals surface area contributed by atoms with Gasteiger partial charge in [0.25, 0.3) is 5.91 Å². The van der Waals surface area contributed by atoms with Gasteiger partial charge in [-0.1, -0.05) is 0 Å². The lowest BCUT2D eigenvalue weighted by molar-refractivity contribution is -0.120. The number of fused-ring (bicyclic) bond motifs is 1. The molecule has 2 aromatic rings. The first-order chi connectivity index (χ1) is 9.65. The summed E-state index contributed by atoms with van der Waals surface area (Å²) in [5.74, 6) is -0.489. The van der Waals surface area contributed by atoms with Crippen LogP contribution < -0.4 is 16.4 Å². The van der Waals surface area contributed by atoms with Crippen molar-refractivity contribution in [3.05, 3.63) is 23.3 Å². The van der Waals surface area contributed by atoms with Crippen molar-refractivity contribution in [2.24, 2.45) is 0 Å². The monoisotopic (exact) mass is 290 g/mol. The van der Waals surface area contributed by atoms with E-state index in [4.69, 9.17) is 5.73 Å². The van der Waals surface area contributed by atoms with Gasteiger partial charge in [-0.2, -0.15) is 0 Å². The summed E-state index contributed by atoms with van der Waals surface area (Å²) in [6.07, 6.45) is 5.36. The quantitative estimate of drug-likeness (QED) is 0.779. The van der Waals surface area contributed by atoms with Gasteiger partial charge in [0.2, 0.25) is 5.91 Å². The van der Waals surface area contributed by atoms with Crippen molar-refractivity contribution in [3.8, 4) is 0 Å². The number of amides is 2. The van der Waals surface area contributed by atoms with E-state index in [1.54, 1.807) is 18.5 Å². The molecule has 2 amide bonds. The topological polar surface area (TPSA) is 97.1 Å². The third-order valence-corrected chi connectivity index (χ3v) is 4.24. The highest BCUT2D eigenvalue weighted by molar-refractivity contribution is 7.21. The summed E-state index contributed by atoms with van der Waals surface area (Å²) in [5, 5.41) is 6.22. The van der Waals surface area contributed by atoms with Gasteiger partial charge in [-0.25, -0.2) is 0 Å². The zero-order valence-electron chi connectivity index (χ0n) is 10.7. The average Bonchev–Trinajstić information content (AvgIpc) is 3.19. The summed E-state index contributed by atoms with van der Waals surface area (Å²) in [6, 6.07) is 2.07. The van der Waals surface area contributed by atoms with Crippen molar-refractivity contribution in [2.75, 3.05) is 12.3 Å². The summed E-state index contributed by atoms with van der Waals surface area (Å²) in [6.45, 7) is -0.0265. The molecule has 20 heavy (non-hydrogen) atoms. The highest BCUT2D eigenvalue weighted by atomic mass is 32.1. The average molecular weight is 290 g/mol. The van der Waals surface area contributed by atoms with Gasteiger partial charge in [-0.15, -0.1) is 11.3 Å². The Morgan fingerprint density at radius 3 is 2.95 bits per heavy atom. The molecule has 1 aliphatic carbocycles. The zero-order chi connectivity index (χ0) is 14.1. The van der Waals surface area contributed by atoms with E-state index in [2.05, 4.69) is 15.6 Å². The van der Waals surface area contributed by atoms with Crippen LogP contribution >= 0.6 is 11.3 Å². The predicted octanol–water partition coefficient (Wildman–Crippen LogP) is 0.887. The SMILES string of the molecule is Nc1c(C(=O)NCC(=O)NC2CC2)sc2cnccc12. The normalized spacial score (nSPS) is 14.2. The Bertz CT molecular complexity index is 678. The van der Waals surface area contributed by atoms with Gasteiger partial charge in [0.15, 0.2) is 0 Å². The number of nitrogens with two attached hydrogens (primary N) is 1. The Kier molecular flexibility index (Phi) is 3.27. The molecular formula is C13H14N4O2S. The van der Waals surface area contributed by atoms with Crippen molar-refractivity contribution in [2.45, 2.75) is 18.9 Å². The minimum Gasteiger partial charge on any atom is -0.397 e. The molecule has 4 N–H and O–H groups in total. The molecule has 1 saturated carbocycles. The molecule has 0 bridgehead atoms. The van der Waals surface area contributed by atoms with E-state index in [1.807, 2.05) is 0 Å². The molecule has 1 aliphatic rings. The molecular weight excluding hydrogens is 276 g/mol. The molecule has 1 fully saturated rings. The summed E-state index contributed by atoms with van der Waals surface area (Å²) in [5.41, 5.74) is 6.40. The van der Waals surface area contributed by atoms with Gasteiger partial charge in [0.05, 0.1) is 16.9 Å². The second-order valence-corrected chi connectivity index (χ2v) is 5.79. The van der Waals surface area contributed by atoms with Crippen LogP contribution in [-0.2, 0) is 4.79 Å². The number of hydrogen-bond acceptors (Lipinski definition) is 5. The lowest BCUT2D eigenvalue weighted by Gasteiger charge is -2.05. The van der Waals surface area contributed by atoms with Gasteiger partial charge in [0.1, 0.15) is 4.88 Å². The van der Waals surface area contributed by atoms with Crippen LogP contribution in [-0.4, -0.2) is 29.4 Å². The second kappa shape index (κ2) is 5.09. The van der Waals surface area contributed by atoms with Crippen molar-refractivity contribution in [1.29, 1.82) is 0 Å². The molecule has 2 aromatic heterocycles. The number of nitrogens with zero attached hydrogens (tertiary/aromatic N) is 1. The van der Waals surface area contributed by atoms with Crippen LogP contribution in [0.5, 0.6) is 0 Å². The standard InChI is InChI=1S/C13H14N4O2S/c14-11-8-3-4-15-5-9(8)20-12(11)13(19)16-6-10(18)17-7-1-2-7/h3-5,7H,1-2,6,14H2,(H,16,19)(H,17,18). The fraction of sp³-hybridized carbons (Fsp3) is 0.308. The summed E-state index contributed by atoms with van der Waals surface area (Å²) in [4.78, 5) is 28.0. The van der Waals surface area contributed by atoms with Crippen LogP contribution in [0.3, 0.4) is 0 Å². The van der Waals surface area contributed by atoms with E-state index in [1.165, 1.54) is 11.3 Å². The third-order valence-electron chi connectivity index (χ3n) is 3.09. The molecule has 0 atom stereocenters. The van der Waals surface area contributed by atoms with Gasteiger partial charge >= 0.3 is 0 Å². The van der Waals surface area contributed by atoms with Gasteiger partial charge < -0.3 is 16.4 Å². The Morgan fingerprint density at radius 1 is 1.45 bits per heavy atom. The number of hydrogen-bond donors (Lipinski definition) is 3. The number of carbonyl (C=O) groups excluding carboxylic acids is 2. The van der Waals surface area contributed by atoms with Crippen molar-refractivity contribution < 1.29 is 9.59 Å². The second-order valence-electron chi connectivity index (χ2n) is 4.74. The van der Waals surface area contributed by atoms with Gasteiger partial charge in [0, 0.05) is 23.8 Å². The summed E-state index contributed by atoms with van der Waals surface area (Å²) < 4.78 is 0.859. The van der Waals surface area contributed by atoms with Crippen molar-refractivity contribution in [1.82, 2.24) is 15.6 Å². The number of nitrogen functional groups attached to an aromatic ring is 1. The fourth-order valence-corrected chi connectivity index (χ4v) is 2.89. The Morgan fingerprint density at radius 2 is 2.25 bits per heavy atom. The van der Waals surface area contributed by atoms with Crippen LogP contribution in [0.1, 0.15) is 22.5 Å². The first-order valence-corrected chi connectivity index (χ1v) is 7.16. The number of thiophene rings is 1. The third kappa shape index (κ3) is 2.57. The lowest BCUT2D eigenvalue weighted by Crippen LogP contribution is -2.37. The van der Waals surface area contributed by atoms with E-state index < -0.39 is 0 Å². The molecule has 0 unspecified atom stereocenters. The number of anilines is 1. The van der Waals surface area contributed by atoms with E-state index in [-0.39, 0.29) is 18.4 Å². The highest BCUT2D eigenvalue weighted by Gasteiger charge is 2.23. The molecule has 2 heterocycles. The highest BCUT2D eigenvalue weighted by Crippen LogP contribution is 2.32. The number of pyridine rings is 1. The number of carbonyl (C=O) groups is 2. The van der Waals surface area contributed by atoms with Gasteiger partial charge in [-0.3, -0.25) is 14.6 Å². The Labute approximate surface area is 119 Å². The Hall–Kier alpha value is -2.15. The molecule has 6 nitrogen and oxygen atoms in total. The van der Waals surface area contributed by atoms with E-state index in [0.29, 0.717) is 16.6 Å². The Balaban J connectivity index is 1.68. The molecule has 0 spiro atoms. The molecule has 0 aliphatic heterocycles. The van der Waals surface area contributed by atoms with Crippen LogP contribution in [0, 0.1) is 0 Å². The minimum atomic E-state index is -0.324. The van der Waals surface area contributed by atoms with Crippen molar-refractivity contribution in [3.63, 3.8) is 0 Å². The van der Waals surface area contributed by atoms with Crippen LogP contribution in [0.4, 0.5) is 5.69 Å². The molecule has 0 aromatic carbocycles. The maximum absolute atomic E-state index is 12.1. The van der Waals surface area contributed by atoms with Crippen molar-refractivity contribution >= 4 is 38.9 Å². The number of rotatable bonds is 4. The number of nitrogens with one attached hydrogen (secondary N) is 2. The van der Waals surface area contributed by atoms with Crippen LogP contribution in [0.25, 0.3) is 10.1 Å². The largest absolute Gasteiger partial charge is 0.397 e. The molecule has 0 saturated heterocycles. The van der Waals surface area contributed by atoms with E-state index >= 15 is 0 Å². The lowest BCUT2D eigenvalue weighted by atomic mass is 10.2. The van der Waals surface area contributed by atoms with Gasteiger partial charge in [-0.05, 0) is 18.9 Å². The van der Waals surface area contributed by atoms with E-state index in [9.17, 15) is 9.59 Å². The maximum atomic E-state index is 12.1. The summed E-state index contributed by atoms with van der Waals surface area (Å²) in [7, 11) is 0. The van der Waals surface area contributed by atoms with Crippen LogP contribution in [0.15, 0.2) is 18.5 Å². The van der Waals surface area contributed by atoms with Crippen LogP contribution in [0.2, 0.25) is 0 Å². The summed E-state index contributed by atoms with van der Waals surface area (Å²) >= 11 is 1.28. The molecule has 0 radical (unpaired) electrons. The smallest absolute Gasteiger partial charge is 0.263 e. The maximum Gasteiger partial charge on any atom is 0.263 e. The molecule has 104 valence electrons. The zero-order valence-corrected chi connectivity index (χ0v) is 11.5. The molecule has 3 rings (SSSR count). The molecule has 7 heteroatoms. The van der Waals surface area contributed by atoms with E-state index in [0.717, 1.165) is 22.9 Å². The number of aromatic nitrogens is 1. The first-order valence-electron chi connectivity index (χ1n) is 6.34. The minimum absolute atomic E-state index is 0.0265. The predicted molar refractivity (Wildman–Crippen MR) is 77.5 cm³/mol. The first kappa shape index (κ1) is 12.9.